The number of hydrogen-bond donors (Lipinski definition) is 7. The quantitative estimate of drug-likeness (QED) is 0.0331. The Balaban J connectivity index is 2.43. The number of nitrogens with one attached hydrogen (secondary N) is 1. The highest BCUT2D eigenvalue weighted by Crippen LogP contribution is 2.23. The summed E-state index contributed by atoms with van der Waals surface area (Å²) in [5.41, 5.74) is 0. The van der Waals surface area contributed by atoms with Crippen molar-refractivity contribution in [1.29, 1.82) is 0 Å². The molecule has 1 amide bonds. The molecule has 0 bridgehead atoms. The molecule has 1 aliphatic heterocycles. The van der Waals surface area contributed by atoms with E-state index < -0.39 is 55.6 Å². The molecule has 0 saturated carbocycles. The van der Waals surface area contributed by atoms with Crippen molar-refractivity contribution in [3.05, 3.63) is 0 Å². The van der Waals surface area contributed by atoms with E-state index in [4.69, 9.17) is 9.47 Å². The van der Waals surface area contributed by atoms with Crippen LogP contribution in [0.25, 0.3) is 0 Å². The molecule has 1 fully saturated rings. The van der Waals surface area contributed by atoms with Gasteiger partial charge in [0, 0.05) is 6.42 Å². The fraction of sp³-hybridized carbons (Fsp3) is 0.976. The third-order valence-corrected chi connectivity index (χ3v) is 10.7. The number of carbonyl (C=O) groups excluding carboxylic acids is 1. The minimum atomic E-state index is -1.60. The summed E-state index contributed by atoms with van der Waals surface area (Å²) in [5.74, 6) is 0.520. The Morgan fingerprint density at radius 2 is 1.08 bits per heavy atom. The molecular formula is C42H83NO9. The maximum absolute atomic E-state index is 13.0. The highest BCUT2D eigenvalue weighted by molar-refractivity contribution is 5.76. The third kappa shape index (κ3) is 23.8. The minimum Gasteiger partial charge on any atom is -0.394 e. The Labute approximate surface area is 317 Å². The zero-order valence-electron chi connectivity index (χ0n) is 33.6. The summed E-state index contributed by atoms with van der Waals surface area (Å²) in [6, 6.07) is -0.984. The predicted octanol–water partition coefficient (Wildman–Crippen LogP) is 7.22. The zero-order chi connectivity index (χ0) is 38.4. The number of carbonyl (C=O) groups is 1. The lowest BCUT2D eigenvalue weighted by atomic mass is 9.98. The van der Waals surface area contributed by atoms with Crippen LogP contribution in [-0.4, -0.2) is 98.7 Å². The molecule has 10 heteroatoms. The van der Waals surface area contributed by atoms with Gasteiger partial charge in [0.1, 0.15) is 30.5 Å². The Morgan fingerprint density at radius 3 is 1.54 bits per heavy atom. The Morgan fingerprint density at radius 1 is 0.635 bits per heavy atom. The molecule has 8 unspecified atom stereocenters. The monoisotopic (exact) mass is 746 g/mol. The molecule has 0 aliphatic carbocycles. The van der Waals surface area contributed by atoms with Crippen LogP contribution in [0.5, 0.6) is 0 Å². The average molecular weight is 746 g/mol. The van der Waals surface area contributed by atoms with E-state index in [-0.39, 0.29) is 18.9 Å². The predicted molar refractivity (Wildman–Crippen MR) is 209 cm³/mol. The van der Waals surface area contributed by atoms with Crippen molar-refractivity contribution < 1.29 is 44.9 Å². The smallest absolute Gasteiger partial charge is 0.220 e. The number of ether oxygens (including phenoxy) is 2. The molecular weight excluding hydrogens is 662 g/mol. The molecule has 8 atom stereocenters. The van der Waals surface area contributed by atoms with Crippen molar-refractivity contribution >= 4 is 5.91 Å². The Hall–Kier alpha value is -0.850. The number of aliphatic hydroxyl groups excluding tert-OH is 6. The van der Waals surface area contributed by atoms with E-state index in [1.807, 2.05) is 0 Å². The van der Waals surface area contributed by atoms with Gasteiger partial charge in [0.2, 0.25) is 5.91 Å². The van der Waals surface area contributed by atoms with Gasteiger partial charge in [0.05, 0.1) is 25.4 Å². The molecule has 1 heterocycles. The molecule has 0 aromatic heterocycles. The second-order valence-corrected chi connectivity index (χ2v) is 16.1. The van der Waals surface area contributed by atoms with E-state index in [0.717, 1.165) is 57.3 Å². The van der Waals surface area contributed by atoms with Crippen LogP contribution in [0.3, 0.4) is 0 Å². The van der Waals surface area contributed by atoms with Gasteiger partial charge in [-0.1, -0.05) is 175 Å². The largest absolute Gasteiger partial charge is 0.394 e. The van der Waals surface area contributed by atoms with E-state index in [2.05, 4.69) is 26.1 Å². The first-order valence-corrected chi connectivity index (χ1v) is 21.7. The number of hydrogen-bond acceptors (Lipinski definition) is 9. The first-order valence-electron chi connectivity index (χ1n) is 21.7. The van der Waals surface area contributed by atoms with Gasteiger partial charge in [-0.15, -0.1) is 0 Å². The van der Waals surface area contributed by atoms with Crippen molar-refractivity contribution in [1.82, 2.24) is 5.32 Å². The third-order valence-electron chi connectivity index (χ3n) is 10.7. The molecule has 1 saturated heterocycles. The maximum Gasteiger partial charge on any atom is 0.220 e. The molecule has 0 aromatic rings. The van der Waals surface area contributed by atoms with Crippen molar-refractivity contribution in [3.8, 4) is 0 Å². The molecule has 52 heavy (non-hydrogen) atoms. The first kappa shape index (κ1) is 49.2. The van der Waals surface area contributed by atoms with Crippen LogP contribution in [0.2, 0.25) is 0 Å². The van der Waals surface area contributed by atoms with Crippen molar-refractivity contribution in [2.45, 2.75) is 243 Å². The van der Waals surface area contributed by atoms with Gasteiger partial charge in [-0.2, -0.15) is 0 Å². The molecule has 0 spiro atoms. The van der Waals surface area contributed by atoms with E-state index in [1.54, 1.807) is 0 Å². The van der Waals surface area contributed by atoms with E-state index in [9.17, 15) is 35.4 Å². The summed E-state index contributed by atoms with van der Waals surface area (Å²) < 4.78 is 11.1. The highest BCUT2D eigenvalue weighted by atomic mass is 16.7. The summed E-state index contributed by atoms with van der Waals surface area (Å²) in [7, 11) is 0. The number of rotatable bonds is 35. The maximum atomic E-state index is 13.0. The fourth-order valence-electron chi connectivity index (χ4n) is 7.15. The Bertz CT molecular complexity index is 816. The first-order chi connectivity index (χ1) is 25.1. The molecule has 7 N–H and O–H groups in total. The SMILES string of the molecule is CCCCCCCCCCCCCCCCCC(=O)NC(COC1OC(CO)C(O)C(O)C1O)C(O)C(O)CCCCCCCCCCCC(C)C. The normalized spacial score (nSPS) is 22.5. The van der Waals surface area contributed by atoms with Crippen molar-refractivity contribution in [3.63, 3.8) is 0 Å². The van der Waals surface area contributed by atoms with Crippen LogP contribution < -0.4 is 5.32 Å². The van der Waals surface area contributed by atoms with Crippen molar-refractivity contribution in [2.75, 3.05) is 13.2 Å². The van der Waals surface area contributed by atoms with Crippen LogP contribution in [0, 0.1) is 5.92 Å². The van der Waals surface area contributed by atoms with Crippen LogP contribution >= 0.6 is 0 Å². The second kappa shape index (κ2) is 32.4. The van der Waals surface area contributed by atoms with Crippen molar-refractivity contribution in [2.24, 2.45) is 5.92 Å². The molecule has 1 rings (SSSR count). The topological polar surface area (TPSA) is 169 Å². The van der Waals surface area contributed by atoms with Gasteiger partial charge < -0.3 is 45.4 Å². The van der Waals surface area contributed by atoms with Crippen LogP contribution in [0.1, 0.15) is 194 Å². The zero-order valence-corrected chi connectivity index (χ0v) is 33.6. The highest BCUT2D eigenvalue weighted by Gasteiger charge is 2.44. The lowest BCUT2D eigenvalue weighted by Gasteiger charge is -2.40. The summed E-state index contributed by atoms with van der Waals surface area (Å²) in [5, 5.41) is 65.0. The standard InChI is InChI=1S/C42H83NO9/c1-4-5-6-7-8-9-10-11-12-13-14-18-21-24-27-30-37(46)43-34(32-51-42-41(50)40(49)39(48)36(31-44)52-42)38(47)35(45)29-26-23-20-17-15-16-19-22-25-28-33(2)3/h33-36,38-42,44-45,47-50H,4-32H2,1-3H3,(H,43,46). The summed E-state index contributed by atoms with van der Waals surface area (Å²) in [6.07, 6.45) is 21.2. The lowest BCUT2D eigenvalue weighted by Crippen LogP contribution is -2.60. The summed E-state index contributed by atoms with van der Waals surface area (Å²) in [6.45, 7) is 5.90. The molecule has 10 nitrogen and oxygen atoms in total. The van der Waals surface area contributed by atoms with Gasteiger partial charge in [0.15, 0.2) is 6.29 Å². The van der Waals surface area contributed by atoms with Gasteiger partial charge in [0.25, 0.3) is 0 Å². The molecule has 1 aliphatic rings. The summed E-state index contributed by atoms with van der Waals surface area (Å²) >= 11 is 0. The second-order valence-electron chi connectivity index (χ2n) is 16.1. The van der Waals surface area contributed by atoms with Gasteiger partial charge >= 0.3 is 0 Å². The lowest BCUT2D eigenvalue weighted by molar-refractivity contribution is -0.303. The van der Waals surface area contributed by atoms with Crippen LogP contribution in [-0.2, 0) is 14.3 Å². The van der Waals surface area contributed by atoms with Gasteiger partial charge in [-0.3, -0.25) is 4.79 Å². The number of unbranched alkanes of at least 4 members (excludes halogenated alkanes) is 22. The van der Waals surface area contributed by atoms with Gasteiger partial charge in [-0.25, -0.2) is 0 Å². The number of amides is 1. The van der Waals surface area contributed by atoms with Crippen LogP contribution in [0.15, 0.2) is 0 Å². The van der Waals surface area contributed by atoms with Gasteiger partial charge in [-0.05, 0) is 18.8 Å². The van der Waals surface area contributed by atoms with E-state index >= 15 is 0 Å². The van der Waals surface area contributed by atoms with Crippen LogP contribution in [0.4, 0.5) is 0 Å². The Kier molecular flexibility index (Phi) is 30.6. The fourth-order valence-corrected chi connectivity index (χ4v) is 7.15. The molecule has 0 aromatic carbocycles. The molecule has 0 radical (unpaired) electrons. The van der Waals surface area contributed by atoms with E-state index in [1.165, 1.54) is 109 Å². The number of aliphatic hydroxyl groups is 6. The molecule has 310 valence electrons. The van der Waals surface area contributed by atoms with E-state index in [0.29, 0.717) is 6.42 Å². The summed E-state index contributed by atoms with van der Waals surface area (Å²) in [4.78, 5) is 13.0. The average Bonchev–Trinajstić information content (AvgIpc) is 3.13. The minimum absolute atomic E-state index is 0.257.